The number of rotatable bonds is 8. The number of alkyl carbamates (subject to hydrolysis) is 2. The van der Waals surface area contributed by atoms with Crippen molar-refractivity contribution >= 4 is 24.1 Å². The van der Waals surface area contributed by atoms with Crippen LogP contribution in [0.4, 0.5) is 9.59 Å². The van der Waals surface area contributed by atoms with Crippen LogP contribution >= 0.6 is 0 Å². The molecule has 2 N–H and O–H groups in total. The number of aliphatic imine (C=N–C) groups is 1. The first-order chi connectivity index (χ1) is 18.8. The summed E-state index contributed by atoms with van der Waals surface area (Å²) in [5, 5.41) is 4.92. The molecule has 0 fully saturated rings. The van der Waals surface area contributed by atoms with Gasteiger partial charge in [0.1, 0.15) is 17.8 Å². The maximum Gasteiger partial charge on any atom is 0.414 e. The van der Waals surface area contributed by atoms with Crippen LogP contribution in [0.2, 0.25) is 0 Å². The van der Waals surface area contributed by atoms with Crippen LogP contribution in [-0.4, -0.2) is 48.5 Å². The van der Waals surface area contributed by atoms with Crippen molar-refractivity contribution in [1.82, 2.24) is 10.6 Å². The van der Waals surface area contributed by atoms with Crippen molar-refractivity contribution in [3.8, 4) is 11.1 Å². The summed E-state index contributed by atoms with van der Waals surface area (Å²) in [7, 11) is 0. The Morgan fingerprint density at radius 1 is 0.750 bits per heavy atom. The van der Waals surface area contributed by atoms with Gasteiger partial charge in [0.25, 0.3) is 0 Å². The van der Waals surface area contributed by atoms with Crippen LogP contribution in [0.3, 0.4) is 0 Å². The van der Waals surface area contributed by atoms with E-state index < -0.39 is 23.4 Å². The fourth-order valence-corrected chi connectivity index (χ4v) is 4.35. The second-order valence-corrected chi connectivity index (χ2v) is 11.7. The highest BCUT2D eigenvalue weighted by atomic mass is 16.6. The molecule has 0 saturated heterocycles. The molecular weight excluding hydrogens is 510 g/mol. The van der Waals surface area contributed by atoms with Gasteiger partial charge >= 0.3 is 18.2 Å². The van der Waals surface area contributed by atoms with E-state index >= 15 is 0 Å². The lowest BCUT2D eigenvalue weighted by Gasteiger charge is -2.22. The minimum Gasteiger partial charge on any atom is -0.465 e. The summed E-state index contributed by atoms with van der Waals surface area (Å²) >= 11 is 0. The Bertz CT molecular complexity index is 1150. The summed E-state index contributed by atoms with van der Waals surface area (Å²) in [4.78, 5) is 41.1. The Morgan fingerprint density at radius 3 is 1.75 bits per heavy atom. The van der Waals surface area contributed by atoms with Crippen LogP contribution in [0.15, 0.2) is 53.5 Å². The quantitative estimate of drug-likeness (QED) is 0.131. The molecule has 0 spiro atoms. The smallest absolute Gasteiger partial charge is 0.414 e. The largest absolute Gasteiger partial charge is 0.465 e. The summed E-state index contributed by atoms with van der Waals surface area (Å²) < 4.78 is 16.2. The third kappa shape index (κ3) is 9.70. The average Bonchev–Trinajstić information content (AvgIpc) is 3.16. The van der Waals surface area contributed by atoms with E-state index in [0.717, 1.165) is 6.42 Å². The summed E-state index contributed by atoms with van der Waals surface area (Å²) in [6, 6.07) is 16.5. The number of nitrogens with one attached hydrogen (secondary N) is 2. The molecule has 2 aromatic rings. The number of nitrogens with zero attached hydrogens (tertiary/aromatic N) is 1. The van der Waals surface area contributed by atoms with Gasteiger partial charge in [0.15, 0.2) is 0 Å². The van der Waals surface area contributed by atoms with Crippen LogP contribution in [0.1, 0.15) is 84.3 Å². The van der Waals surface area contributed by atoms with Crippen molar-refractivity contribution in [3.05, 3.63) is 59.7 Å². The van der Waals surface area contributed by atoms with Crippen LogP contribution in [0.25, 0.3) is 11.1 Å². The third-order valence-electron chi connectivity index (χ3n) is 5.92. The van der Waals surface area contributed by atoms with Gasteiger partial charge in [-0.15, -0.1) is 0 Å². The normalized spacial score (nSPS) is 12.6. The fraction of sp³-hybridized carbons (Fsp3) is 0.484. The predicted molar refractivity (Wildman–Crippen MR) is 154 cm³/mol. The zero-order chi connectivity index (χ0) is 29.3. The van der Waals surface area contributed by atoms with Crippen LogP contribution in [-0.2, 0) is 19.0 Å². The maximum atomic E-state index is 12.5. The Hall–Kier alpha value is -3.88. The highest BCUT2D eigenvalue weighted by Crippen LogP contribution is 2.44. The second kappa shape index (κ2) is 13.5. The third-order valence-corrected chi connectivity index (χ3v) is 5.92. The van der Waals surface area contributed by atoms with E-state index in [1.807, 2.05) is 24.3 Å². The van der Waals surface area contributed by atoms with Crippen molar-refractivity contribution < 1.29 is 28.6 Å². The summed E-state index contributed by atoms with van der Waals surface area (Å²) in [5.74, 6) is -0.247. The van der Waals surface area contributed by atoms with Crippen LogP contribution in [0.5, 0.6) is 0 Å². The Morgan fingerprint density at radius 2 is 1.25 bits per heavy atom. The Kier molecular flexibility index (Phi) is 10.3. The molecule has 0 bridgehead atoms. The van der Waals surface area contributed by atoms with E-state index in [1.165, 1.54) is 22.3 Å². The van der Waals surface area contributed by atoms with E-state index in [1.54, 1.807) is 41.5 Å². The van der Waals surface area contributed by atoms with E-state index in [0.29, 0.717) is 32.4 Å². The maximum absolute atomic E-state index is 12.5. The van der Waals surface area contributed by atoms with Gasteiger partial charge in [-0.3, -0.25) is 20.4 Å². The van der Waals surface area contributed by atoms with Crippen molar-refractivity contribution in [1.29, 1.82) is 0 Å². The molecule has 0 aromatic heterocycles. The van der Waals surface area contributed by atoms with Gasteiger partial charge in [0.05, 0.1) is 0 Å². The average molecular weight is 552 g/mol. The van der Waals surface area contributed by atoms with Gasteiger partial charge in [-0.25, -0.2) is 9.59 Å². The first-order valence-electron chi connectivity index (χ1n) is 13.7. The minimum absolute atomic E-state index is 0.0408. The molecule has 0 heterocycles. The number of amides is 2. The molecule has 2 aromatic carbocycles. The molecule has 0 unspecified atom stereocenters. The summed E-state index contributed by atoms with van der Waals surface area (Å²) in [6.45, 7) is 11.1. The Balaban J connectivity index is 1.44. The number of unbranched alkanes of at least 4 members (excludes halogenated alkanes) is 2. The number of carbonyl (C=O) groups excluding carboxylic acids is 3. The molecule has 2 amide bonds. The van der Waals surface area contributed by atoms with E-state index in [-0.39, 0.29) is 17.8 Å². The monoisotopic (exact) mass is 551 g/mol. The topological polar surface area (TPSA) is 115 Å². The number of ether oxygens (including phenoxy) is 3. The van der Waals surface area contributed by atoms with Crippen LogP contribution < -0.4 is 10.6 Å². The number of benzene rings is 2. The molecule has 216 valence electrons. The lowest BCUT2D eigenvalue weighted by atomic mass is 9.98. The summed E-state index contributed by atoms with van der Waals surface area (Å²) in [5.41, 5.74) is 3.35. The number of guanidine groups is 1. The highest BCUT2D eigenvalue weighted by molar-refractivity contribution is 6.01. The second-order valence-electron chi connectivity index (χ2n) is 11.7. The molecule has 9 nitrogen and oxygen atoms in total. The first kappa shape index (κ1) is 30.7. The van der Waals surface area contributed by atoms with E-state index in [2.05, 4.69) is 39.9 Å². The summed E-state index contributed by atoms with van der Waals surface area (Å²) in [6.07, 6.45) is 0.834. The zero-order valence-corrected chi connectivity index (χ0v) is 24.3. The number of carbonyl (C=O) groups is 3. The lowest BCUT2D eigenvalue weighted by Crippen LogP contribution is -2.47. The molecule has 9 heteroatoms. The van der Waals surface area contributed by atoms with E-state index in [9.17, 15) is 14.4 Å². The van der Waals surface area contributed by atoms with Gasteiger partial charge in [0, 0.05) is 18.9 Å². The molecule has 40 heavy (non-hydrogen) atoms. The van der Waals surface area contributed by atoms with Crippen molar-refractivity contribution in [2.45, 2.75) is 84.3 Å². The molecule has 0 saturated carbocycles. The number of hydrogen-bond donors (Lipinski definition) is 2. The first-order valence-corrected chi connectivity index (χ1v) is 13.7. The Labute approximate surface area is 236 Å². The van der Waals surface area contributed by atoms with Crippen LogP contribution in [0, 0.1) is 0 Å². The fourth-order valence-electron chi connectivity index (χ4n) is 4.35. The molecule has 1 aliphatic rings. The van der Waals surface area contributed by atoms with E-state index in [4.69, 9.17) is 14.2 Å². The van der Waals surface area contributed by atoms with Crippen molar-refractivity contribution in [3.63, 3.8) is 0 Å². The van der Waals surface area contributed by atoms with Gasteiger partial charge in [-0.05, 0) is 76.6 Å². The highest BCUT2D eigenvalue weighted by Gasteiger charge is 2.29. The van der Waals surface area contributed by atoms with Gasteiger partial charge in [-0.1, -0.05) is 55.0 Å². The number of esters is 1. The van der Waals surface area contributed by atoms with Crippen molar-refractivity contribution in [2.75, 3.05) is 13.2 Å². The predicted octanol–water partition coefficient (Wildman–Crippen LogP) is 6.31. The standard InChI is InChI=1S/C31H41N3O6/c1-30(2,3)39-28(36)33-27(34-29(37)40-31(4,5)6)32-19-13-7-8-18-26(35)38-20-25-23-16-11-9-14-21(23)22-15-10-12-17-24(22)25/h9-12,14-17,25H,7-8,13,18-20H2,1-6H3,(H2,32,33,34,36,37). The van der Waals surface area contributed by atoms with Crippen molar-refractivity contribution in [2.24, 2.45) is 4.99 Å². The van der Waals surface area contributed by atoms with Gasteiger partial charge < -0.3 is 14.2 Å². The zero-order valence-electron chi connectivity index (χ0n) is 24.3. The minimum atomic E-state index is -0.738. The molecule has 0 radical (unpaired) electrons. The number of fused-ring (bicyclic) bond motifs is 3. The van der Waals surface area contributed by atoms with Gasteiger partial charge in [-0.2, -0.15) is 0 Å². The molecule has 0 aliphatic heterocycles. The molecule has 0 atom stereocenters. The molecule has 3 rings (SSSR count). The number of hydrogen-bond acceptors (Lipinski definition) is 7. The molecule has 1 aliphatic carbocycles. The lowest BCUT2D eigenvalue weighted by molar-refractivity contribution is -0.144. The molecular formula is C31H41N3O6. The SMILES string of the molecule is CC(C)(C)OC(=O)NC(=NCCCCCC(=O)OCC1c2ccccc2-c2ccccc21)NC(=O)OC(C)(C)C. The van der Waals surface area contributed by atoms with Gasteiger partial charge in [0.2, 0.25) is 5.96 Å².